The number of rotatable bonds is 27. The largest absolute Gasteiger partial charge is 0.474 e. The van der Waals surface area contributed by atoms with Gasteiger partial charge in [0.05, 0.1) is 19.8 Å². The lowest BCUT2D eigenvalue weighted by Crippen LogP contribution is -2.07. The van der Waals surface area contributed by atoms with Crippen LogP contribution in [0.3, 0.4) is 0 Å². The van der Waals surface area contributed by atoms with Gasteiger partial charge in [0, 0.05) is 17.3 Å². The minimum Gasteiger partial charge on any atom is -0.286 e. The molecule has 0 unspecified atom stereocenters. The van der Waals surface area contributed by atoms with Crippen molar-refractivity contribution in [2.45, 2.75) is 97.8 Å². The minimum absolute atomic E-state index is 0.421. The Morgan fingerprint density at radius 1 is 0.469 bits per heavy atom. The van der Waals surface area contributed by atoms with Crippen LogP contribution in [-0.2, 0) is 18.1 Å². The second kappa shape index (κ2) is 26.8. The SMILES string of the molecule is CCCCCCSCCOP(=O)(OCCSCCCCCC)OCCSCCCCCC. The first kappa shape index (κ1) is 33.2. The topological polar surface area (TPSA) is 44.8 Å². The Labute approximate surface area is 212 Å². The molecule has 0 aromatic rings. The second-order valence-corrected chi connectivity index (χ2v) is 13.3. The smallest absolute Gasteiger partial charge is 0.286 e. The molecule has 0 aliphatic carbocycles. The standard InChI is InChI=1S/C24H51O4PS3/c1-4-7-10-13-19-30-22-16-26-29(25,27-17-23-31-20-14-11-8-5-2)28-18-24-32-21-15-12-9-6-3/h4-24H2,1-3H3. The molecule has 0 bridgehead atoms. The molecule has 0 amide bonds. The Morgan fingerprint density at radius 2 is 0.781 bits per heavy atom. The molecule has 0 rings (SSSR count). The Bertz CT molecular complexity index is 360. The van der Waals surface area contributed by atoms with Gasteiger partial charge in [-0.2, -0.15) is 35.3 Å². The van der Waals surface area contributed by atoms with Gasteiger partial charge in [0.2, 0.25) is 0 Å². The van der Waals surface area contributed by atoms with Gasteiger partial charge in [0.15, 0.2) is 0 Å². The van der Waals surface area contributed by atoms with Gasteiger partial charge in [-0.3, -0.25) is 13.6 Å². The van der Waals surface area contributed by atoms with Crippen molar-refractivity contribution in [3.63, 3.8) is 0 Å². The third kappa shape index (κ3) is 24.3. The van der Waals surface area contributed by atoms with Crippen molar-refractivity contribution in [1.82, 2.24) is 0 Å². The maximum atomic E-state index is 13.0. The fraction of sp³-hybridized carbons (Fsp3) is 1.00. The molecule has 0 aliphatic rings. The summed E-state index contributed by atoms with van der Waals surface area (Å²) in [4.78, 5) is 0. The lowest BCUT2D eigenvalue weighted by molar-refractivity contribution is 0.129. The first-order valence-corrected chi connectivity index (χ1v) is 17.9. The lowest BCUT2D eigenvalue weighted by Gasteiger charge is -2.18. The molecule has 0 saturated carbocycles. The van der Waals surface area contributed by atoms with E-state index in [4.69, 9.17) is 13.6 Å². The lowest BCUT2D eigenvalue weighted by atomic mass is 10.2. The fourth-order valence-corrected chi connectivity index (χ4v) is 6.91. The summed E-state index contributed by atoms with van der Waals surface area (Å²) in [5.41, 5.74) is 0. The van der Waals surface area contributed by atoms with E-state index in [0.29, 0.717) is 19.8 Å². The van der Waals surface area contributed by atoms with Gasteiger partial charge in [0.1, 0.15) is 0 Å². The predicted molar refractivity (Wildman–Crippen MR) is 150 cm³/mol. The molecular formula is C24H51O4PS3. The molecule has 0 spiro atoms. The maximum absolute atomic E-state index is 13.0. The highest BCUT2D eigenvalue weighted by atomic mass is 32.2. The zero-order chi connectivity index (χ0) is 23.6. The molecule has 8 heteroatoms. The van der Waals surface area contributed by atoms with Crippen molar-refractivity contribution in [1.29, 1.82) is 0 Å². The highest BCUT2D eigenvalue weighted by molar-refractivity contribution is 7.99. The number of phosphoric ester groups is 1. The Balaban J connectivity index is 4.06. The zero-order valence-corrected chi connectivity index (χ0v) is 24.5. The summed E-state index contributed by atoms with van der Waals surface area (Å²) in [5, 5.41) is 0. The van der Waals surface area contributed by atoms with Crippen LogP contribution in [0, 0.1) is 0 Å². The van der Waals surface area contributed by atoms with Crippen molar-refractivity contribution in [3.05, 3.63) is 0 Å². The maximum Gasteiger partial charge on any atom is 0.474 e. The first-order valence-electron chi connectivity index (χ1n) is 12.9. The molecule has 32 heavy (non-hydrogen) atoms. The van der Waals surface area contributed by atoms with E-state index in [1.54, 1.807) is 0 Å². The number of unbranched alkanes of at least 4 members (excludes halogenated alkanes) is 9. The normalized spacial score (nSPS) is 12.0. The van der Waals surface area contributed by atoms with Crippen molar-refractivity contribution < 1.29 is 18.1 Å². The molecule has 4 nitrogen and oxygen atoms in total. The van der Waals surface area contributed by atoms with Crippen LogP contribution in [-0.4, -0.2) is 54.3 Å². The monoisotopic (exact) mass is 530 g/mol. The van der Waals surface area contributed by atoms with Gasteiger partial charge < -0.3 is 0 Å². The molecule has 0 N–H and O–H groups in total. The van der Waals surface area contributed by atoms with Crippen LogP contribution < -0.4 is 0 Å². The molecule has 0 atom stereocenters. The molecule has 0 aromatic heterocycles. The summed E-state index contributed by atoms with van der Waals surface area (Å²) in [6.07, 6.45) is 15.3. The third-order valence-electron chi connectivity index (χ3n) is 4.86. The minimum atomic E-state index is -3.46. The molecular weight excluding hydrogens is 479 g/mol. The summed E-state index contributed by atoms with van der Waals surface area (Å²) < 4.78 is 30.0. The van der Waals surface area contributed by atoms with E-state index < -0.39 is 7.82 Å². The van der Waals surface area contributed by atoms with Crippen LogP contribution in [0.4, 0.5) is 0 Å². The Hall–Kier alpha value is 1.16. The first-order chi connectivity index (χ1) is 15.7. The highest BCUT2D eigenvalue weighted by Gasteiger charge is 2.26. The van der Waals surface area contributed by atoms with Crippen LogP contribution in [0.15, 0.2) is 0 Å². The van der Waals surface area contributed by atoms with Gasteiger partial charge in [-0.05, 0) is 36.5 Å². The van der Waals surface area contributed by atoms with E-state index >= 15 is 0 Å². The summed E-state index contributed by atoms with van der Waals surface area (Å²) in [6.45, 7) is 7.95. The third-order valence-corrected chi connectivity index (χ3v) is 9.45. The second-order valence-electron chi connectivity index (χ2n) is 7.97. The molecule has 194 valence electrons. The van der Waals surface area contributed by atoms with Gasteiger partial charge in [-0.25, -0.2) is 4.57 Å². The van der Waals surface area contributed by atoms with Gasteiger partial charge in [0.25, 0.3) is 0 Å². The van der Waals surface area contributed by atoms with E-state index in [0.717, 1.165) is 34.5 Å². The van der Waals surface area contributed by atoms with Crippen molar-refractivity contribution in [2.75, 3.05) is 54.3 Å². The molecule has 0 radical (unpaired) electrons. The predicted octanol–water partition coefficient (Wildman–Crippen LogP) is 9.08. The molecule has 0 heterocycles. The number of hydrogen-bond acceptors (Lipinski definition) is 7. The van der Waals surface area contributed by atoms with Gasteiger partial charge in [-0.1, -0.05) is 78.6 Å². The molecule has 0 aliphatic heterocycles. The summed E-state index contributed by atoms with van der Waals surface area (Å²) in [6, 6.07) is 0. The van der Waals surface area contributed by atoms with E-state index in [2.05, 4.69) is 20.8 Å². The van der Waals surface area contributed by atoms with Gasteiger partial charge in [-0.15, -0.1) is 0 Å². The molecule has 0 aromatic carbocycles. The van der Waals surface area contributed by atoms with Crippen LogP contribution >= 0.6 is 43.1 Å². The molecule has 0 fully saturated rings. The number of hydrogen-bond donors (Lipinski definition) is 0. The van der Waals surface area contributed by atoms with Crippen LogP contribution in [0.5, 0.6) is 0 Å². The van der Waals surface area contributed by atoms with Crippen molar-refractivity contribution in [2.24, 2.45) is 0 Å². The number of phosphoric acid groups is 1. The van der Waals surface area contributed by atoms with Crippen molar-refractivity contribution in [3.8, 4) is 0 Å². The van der Waals surface area contributed by atoms with E-state index in [1.807, 2.05) is 35.3 Å². The quantitative estimate of drug-likeness (QED) is 0.0775. The number of thioether (sulfide) groups is 3. The van der Waals surface area contributed by atoms with Crippen LogP contribution in [0.25, 0.3) is 0 Å². The Morgan fingerprint density at radius 3 is 1.06 bits per heavy atom. The average Bonchev–Trinajstić information content (AvgIpc) is 2.79. The fourth-order valence-electron chi connectivity index (χ4n) is 2.93. The Kier molecular flexibility index (Phi) is 27.7. The van der Waals surface area contributed by atoms with Crippen LogP contribution in [0.2, 0.25) is 0 Å². The van der Waals surface area contributed by atoms with E-state index in [9.17, 15) is 4.57 Å². The van der Waals surface area contributed by atoms with Crippen molar-refractivity contribution >= 4 is 43.1 Å². The summed E-state index contributed by atoms with van der Waals surface area (Å²) in [5.74, 6) is 5.92. The van der Waals surface area contributed by atoms with Crippen LogP contribution in [0.1, 0.15) is 97.8 Å². The zero-order valence-electron chi connectivity index (χ0n) is 21.2. The molecule has 0 saturated heterocycles. The van der Waals surface area contributed by atoms with Gasteiger partial charge >= 0.3 is 7.82 Å². The summed E-state index contributed by atoms with van der Waals surface area (Å²) in [7, 11) is -3.46. The van der Waals surface area contributed by atoms with E-state index in [1.165, 1.54) is 77.0 Å². The van der Waals surface area contributed by atoms with E-state index in [-0.39, 0.29) is 0 Å². The average molecular weight is 531 g/mol. The highest BCUT2D eigenvalue weighted by Crippen LogP contribution is 2.49. The summed E-state index contributed by atoms with van der Waals surface area (Å²) >= 11 is 5.58.